The summed E-state index contributed by atoms with van der Waals surface area (Å²) in [6.45, 7) is 14.4. The van der Waals surface area contributed by atoms with E-state index in [0.29, 0.717) is 0 Å². The van der Waals surface area contributed by atoms with Gasteiger partial charge in [0.2, 0.25) is 0 Å². The maximum Gasteiger partial charge on any atom is 0.410 e. The normalized spacial score (nSPS) is 28.1. The van der Waals surface area contributed by atoms with Crippen molar-refractivity contribution in [2.75, 3.05) is 19.6 Å². The molecule has 0 aromatic rings. The molecule has 0 aliphatic carbocycles. The van der Waals surface area contributed by atoms with Crippen LogP contribution in [-0.4, -0.2) is 36.2 Å². The summed E-state index contributed by atoms with van der Waals surface area (Å²) in [6.07, 6.45) is 8.08. The second kappa shape index (κ2) is 5.39. The number of nitrogens with zero attached hydrogens (tertiary/aromatic N) is 1. The molecule has 4 nitrogen and oxygen atoms in total. The van der Waals surface area contributed by atoms with Crippen molar-refractivity contribution in [3.05, 3.63) is 24.9 Å². The highest BCUT2D eigenvalue weighted by atomic mass is 16.6. The van der Waals surface area contributed by atoms with Gasteiger partial charge in [-0.15, -0.1) is 6.58 Å². The quantitative estimate of drug-likeness (QED) is 0.754. The molecule has 1 fully saturated rings. The van der Waals surface area contributed by atoms with Gasteiger partial charge in [-0.1, -0.05) is 19.1 Å². The van der Waals surface area contributed by atoms with Gasteiger partial charge >= 0.3 is 6.09 Å². The zero-order chi connectivity index (χ0) is 15.7. The number of carbonyl (C=O) groups is 1. The lowest BCUT2D eigenvalue weighted by atomic mass is 9.58. The first-order valence-electron chi connectivity index (χ1n) is 7.74. The van der Waals surface area contributed by atoms with Crippen molar-refractivity contribution in [2.24, 2.45) is 10.8 Å². The highest BCUT2D eigenvalue weighted by molar-refractivity contribution is 5.68. The number of ether oxygens (including phenoxy) is 1. The summed E-state index contributed by atoms with van der Waals surface area (Å²) in [6, 6.07) is 0. The second-order valence-electron chi connectivity index (χ2n) is 7.46. The molecule has 2 heterocycles. The predicted octanol–water partition coefficient (Wildman–Crippen LogP) is 3.31. The van der Waals surface area contributed by atoms with E-state index < -0.39 is 5.60 Å². The fourth-order valence-corrected chi connectivity index (χ4v) is 3.28. The summed E-state index contributed by atoms with van der Waals surface area (Å²) in [5.74, 6) is 0. The first-order valence-corrected chi connectivity index (χ1v) is 7.74. The summed E-state index contributed by atoms with van der Waals surface area (Å²) in [5, 5.41) is 3.31. The summed E-state index contributed by atoms with van der Waals surface area (Å²) < 4.78 is 5.47. The lowest BCUT2D eigenvalue weighted by Gasteiger charge is -2.52. The van der Waals surface area contributed by atoms with Gasteiger partial charge in [0.05, 0.1) is 0 Å². The zero-order valence-electron chi connectivity index (χ0n) is 13.7. The van der Waals surface area contributed by atoms with Gasteiger partial charge in [0.15, 0.2) is 0 Å². The molecule has 1 amide bonds. The summed E-state index contributed by atoms with van der Waals surface area (Å²) in [5.41, 5.74) is -0.309. The number of piperidine rings is 1. The topological polar surface area (TPSA) is 41.6 Å². The Labute approximate surface area is 128 Å². The summed E-state index contributed by atoms with van der Waals surface area (Å²) in [4.78, 5) is 14.0. The standard InChI is InChI=1S/C17H28N2O2/c1-6-16(5)13-18-10-7-17(16)8-11-19(12-9-17)14(20)21-15(2,3)4/h6-7,10,18H,1,8-9,11-13H2,2-5H3. The Bertz CT molecular complexity index is 442. The Morgan fingerprint density at radius 3 is 2.52 bits per heavy atom. The van der Waals surface area contributed by atoms with Crippen LogP contribution in [0, 0.1) is 10.8 Å². The lowest BCUT2D eigenvalue weighted by molar-refractivity contribution is 0.000863. The average molecular weight is 292 g/mol. The molecule has 1 unspecified atom stereocenters. The number of hydrogen-bond acceptors (Lipinski definition) is 3. The van der Waals surface area contributed by atoms with Crippen molar-refractivity contribution in [1.82, 2.24) is 10.2 Å². The molecule has 1 atom stereocenters. The van der Waals surface area contributed by atoms with Gasteiger partial charge < -0.3 is 15.0 Å². The van der Waals surface area contributed by atoms with Crippen molar-refractivity contribution >= 4 is 6.09 Å². The van der Waals surface area contributed by atoms with E-state index in [9.17, 15) is 4.79 Å². The maximum atomic E-state index is 12.2. The Kier molecular flexibility index (Phi) is 4.09. The first-order chi connectivity index (χ1) is 9.71. The van der Waals surface area contributed by atoms with E-state index in [1.54, 1.807) is 0 Å². The third kappa shape index (κ3) is 3.09. The minimum atomic E-state index is -0.434. The van der Waals surface area contributed by atoms with E-state index in [0.717, 1.165) is 32.5 Å². The van der Waals surface area contributed by atoms with E-state index >= 15 is 0 Å². The summed E-state index contributed by atoms with van der Waals surface area (Å²) >= 11 is 0. The van der Waals surface area contributed by atoms with Gasteiger partial charge in [-0.2, -0.15) is 0 Å². The summed E-state index contributed by atoms with van der Waals surface area (Å²) in [7, 11) is 0. The zero-order valence-corrected chi connectivity index (χ0v) is 13.7. The fraction of sp³-hybridized carbons (Fsp3) is 0.706. The SMILES string of the molecule is C=CC1(C)CNC=CC12CCN(C(=O)OC(C)(C)C)CC2. The number of allylic oxidation sites excluding steroid dienone is 1. The second-order valence-corrected chi connectivity index (χ2v) is 7.46. The van der Waals surface area contributed by atoms with Crippen LogP contribution in [-0.2, 0) is 4.74 Å². The molecule has 1 saturated heterocycles. The number of hydrogen-bond donors (Lipinski definition) is 1. The van der Waals surface area contributed by atoms with Crippen molar-refractivity contribution in [1.29, 1.82) is 0 Å². The molecule has 2 rings (SSSR count). The molecule has 1 N–H and O–H groups in total. The van der Waals surface area contributed by atoms with Gasteiger partial charge in [-0.25, -0.2) is 4.79 Å². The van der Waals surface area contributed by atoms with Crippen LogP contribution >= 0.6 is 0 Å². The number of carbonyl (C=O) groups excluding carboxylic acids is 1. The van der Waals surface area contributed by atoms with E-state index in [1.807, 2.05) is 31.9 Å². The minimum absolute atomic E-state index is 0.0295. The Balaban J connectivity index is 2.05. The number of amides is 1. The van der Waals surface area contributed by atoms with Gasteiger partial charge in [0, 0.05) is 30.5 Å². The molecular formula is C17H28N2O2. The molecule has 2 aliphatic rings. The molecule has 0 bridgehead atoms. The molecule has 118 valence electrons. The van der Waals surface area contributed by atoms with E-state index in [1.165, 1.54) is 0 Å². The smallest absolute Gasteiger partial charge is 0.410 e. The van der Waals surface area contributed by atoms with Crippen LogP contribution in [0.3, 0.4) is 0 Å². The Morgan fingerprint density at radius 1 is 1.38 bits per heavy atom. The molecule has 0 saturated carbocycles. The van der Waals surface area contributed by atoms with Crippen molar-refractivity contribution in [2.45, 2.75) is 46.1 Å². The van der Waals surface area contributed by atoms with E-state index in [-0.39, 0.29) is 16.9 Å². The third-order valence-electron chi connectivity index (χ3n) is 4.88. The molecule has 0 aromatic carbocycles. The van der Waals surface area contributed by atoms with Crippen LogP contribution in [0.5, 0.6) is 0 Å². The minimum Gasteiger partial charge on any atom is -0.444 e. The van der Waals surface area contributed by atoms with Gasteiger partial charge in [0.1, 0.15) is 5.60 Å². The number of nitrogens with one attached hydrogen (secondary N) is 1. The lowest BCUT2D eigenvalue weighted by Crippen LogP contribution is -2.53. The number of likely N-dealkylation sites (tertiary alicyclic amines) is 1. The van der Waals surface area contributed by atoms with Crippen LogP contribution < -0.4 is 5.32 Å². The molecule has 0 radical (unpaired) electrons. The third-order valence-corrected chi connectivity index (χ3v) is 4.88. The molecule has 4 heteroatoms. The van der Waals surface area contributed by atoms with Gasteiger partial charge in [0.25, 0.3) is 0 Å². The Hall–Kier alpha value is -1.45. The first kappa shape index (κ1) is 15.9. The number of rotatable bonds is 1. The van der Waals surface area contributed by atoms with Gasteiger partial charge in [-0.05, 0) is 39.8 Å². The van der Waals surface area contributed by atoms with Crippen LogP contribution in [0.2, 0.25) is 0 Å². The largest absolute Gasteiger partial charge is 0.444 e. The molecule has 0 aromatic heterocycles. The van der Waals surface area contributed by atoms with Crippen LogP contribution in [0.25, 0.3) is 0 Å². The van der Waals surface area contributed by atoms with E-state index in [4.69, 9.17) is 4.74 Å². The molecule has 2 aliphatic heterocycles. The molecule has 1 spiro atoms. The Morgan fingerprint density at radius 2 is 2.00 bits per heavy atom. The van der Waals surface area contributed by atoms with Crippen LogP contribution in [0.1, 0.15) is 40.5 Å². The monoisotopic (exact) mass is 292 g/mol. The van der Waals surface area contributed by atoms with Crippen LogP contribution in [0.15, 0.2) is 24.9 Å². The van der Waals surface area contributed by atoms with Crippen molar-refractivity contribution in [3.8, 4) is 0 Å². The predicted molar refractivity (Wildman–Crippen MR) is 84.9 cm³/mol. The molecular weight excluding hydrogens is 264 g/mol. The highest BCUT2D eigenvalue weighted by Crippen LogP contribution is 2.50. The van der Waals surface area contributed by atoms with Crippen molar-refractivity contribution in [3.63, 3.8) is 0 Å². The average Bonchev–Trinajstić information content (AvgIpc) is 2.41. The van der Waals surface area contributed by atoms with Crippen LogP contribution in [0.4, 0.5) is 4.79 Å². The van der Waals surface area contributed by atoms with E-state index in [2.05, 4.69) is 31.0 Å². The fourth-order valence-electron chi connectivity index (χ4n) is 3.28. The molecule has 21 heavy (non-hydrogen) atoms. The van der Waals surface area contributed by atoms with Gasteiger partial charge in [-0.3, -0.25) is 0 Å². The highest BCUT2D eigenvalue weighted by Gasteiger charge is 2.48. The van der Waals surface area contributed by atoms with Crippen molar-refractivity contribution < 1.29 is 9.53 Å². The maximum absolute atomic E-state index is 12.2.